The van der Waals surface area contributed by atoms with Crippen LogP contribution in [0.2, 0.25) is 0 Å². The van der Waals surface area contributed by atoms with Crippen LogP contribution in [0, 0.1) is 0 Å². The molecule has 0 saturated carbocycles. The summed E-state index contributed by atoms with van der Waals surface area (Å²) < 4.78 is 0.437. The second-order valence-corrected chi connectivity index (χ2v) is 14.6. The molecule has 0 radical (unpaired) electrons. The Morgan fingerprint density at radius 2 is 0.917 bits per heavy atom. The van der Waals surface area contributed by atoms with Gasteiger partial charge < -0.3 is 0 Å². The van der Waals surface area contributed by atoms with Gasteiger partial charge in [0.1, 0.15) is 0 Å². The number of hydrogen-bond donors (Lipinski definition) is 0. The van der Waals surface area contributed by atoms with Gasteiger partial charge >= 0.3 is 0 Å². The summed E-state index contributed by atoms with van der Waals surface area (Å²) in [4.78, 5) is 0. The summed E-state index contributed by atoms with van der Waals surface area (Å²) in [5.74, 6) is 2.73. The van der Waals surface area contributed by atoms with E-state index in [0.717, 1.165) is 0 Å². The van der Waals surface area contributed by atoms with Gasteiger partial charge in [-0.3, -0.25) is 0 Å². The summed E-state index contributed by atoms with van der Waals surface area (Å²) in [6.07, 6.45) is 32.8. The minimum Gasteiger partial charge on any atom is -0.144 e. The second-order valence-electron chi connectivity index (χ2n) is 11.4. The normalized spacial score (nSPS) is 14.7. The van der Waals surface area contributed by atoms with Crippen molar-refractivity contribution in [2.24, 2.45) is 0 Å². The zero-order valence-electron chi connectivity index (χ0n) is 24.3. The van der Waals surface area contributed by atoms with Crippen LogP contribution in [0.5, 0.6) is 0 Å². The molecule has 36 heavy (non-hydrogen) atoms. The van der Waals surface area contributed by atoms with Crippen LogP contribution in [0.25, 0.3) is 0 Å². The SMILES string of the molecule is CCCCCCCCCCCCSC1(SCCCCCCCCCCCC)CCc2ccccc2C1. The van der Waals surface area contributed by atoms with Gasteiger partial charge in [-0.05, 0) is 54.7 Å². The second kappa shape index (κ2) is 21.8. The molecule has 0 aliphatic heterocycles. The summed E-state index contributed by atoms with van der Waals surface area (Å²) in [5.41, 5.74) is 3.25. The molecule has 0 amide bonds. The van der Waals surface area contributed by atoms with Gasteiger partial charge in [0.2, 0.25) is 0 Å². The maximum atomic E-state index is 2.41. The average Bonchev–Trinajstić information content (AvgIpc) is 2.90. The molecule has 0 aromatic heterocycles. The first-order valence-corrected chi connectivity index (χ1v) is 18.1. The smallest absolute Gasteiger partial charge is 0.0654 e. The van der Waals surface area contributed by atoms with Gasteiger partial charge in [0.05, 0.1) is 4.08 Å². The number of thioether (sulfide) groups is 2. The van der Waals surface area contributed by atoms with Crippen LogP contribution < -0.4 is 0 Å². The summed E-state index contributed by atoms with van der Waals surface area (Å²) in [5, 5.41) is 0. The fourth-order valence-electron chi connectivity index (χ4n) is 5.66. The first-order valence-electron chi connectivity index (χ1n) is 16.1. The van der Waals surface area contributed by atoms with Gasteiger partial charge in [0, 0.05) is 0 Å². The molecule has 208 valence electrons. The van der Waals surface area contributed by atoms with Gasteiger partial charge in [-0.15, -0.1) is 23.5 Å². The highest BCUT2D eigenvalue weighted by Gasteiger charge is 2.34. The Bertz CT molecular complexity index is 599. The predicted octanol–water partition coefficient (Wildman–Crippen LogP) is 12.2. The van der Waals surface area contributed by atoms with Crippen molar-refractivity contribution in [3.05, 3.63) is 35.4 Å². The van der Waals surface area contributed by atoms with E-state index in [2.05, 4.69) is 61.6 Å². The summed E-state index contributed by atoms with van der Waals surface area (Å²) in [7, 11) is 0. The molecule has 0 spiro atoms. The van der Waals surface area contributed by atoms with Crippen LogP contribution in [0.3, 0.4) is 0 Å². The maximum Gasteiger partial charge on any atom is 0.0654 e. The monoisotopic (exact) mass is 532 g/mol. The van der Waals surface area contributed by atoms with Crippen LogP contribution in [0.4, 0.5) is 0 Å². The van der Waals surface area contributed by atoms with Gasteiger partial charge in [-0.1, -0.05) is 154 Å². The average molecular weight is 533 g/mol. The Balaban J connectivity index is 1.61. The lowest BCUT2D eigenvalue weighted by molar-refractivity contribution is 0.562. The van der Waals surface area contributed by atoms with Gasteiger partial charge in [0.15, 0.2) is 0 Å². The van der Waals surface area contributed by atoms with E-state index in [1.165, 1.54) is 159 Å². The molecule has 0 saturated heterocycles. The van der Waals surface area contributed by atoms with Crippen molar-refractivity contribution >= 4 is 23.5 Å². The zero-order valence-corrected chi connectivity index (χ0v) is 25.9. The first-order chi connectivity index (χ1) is 17.8. The number of hydrogen-bond acceptors (Lipinski definition) is 2. The Labute approximate surface area is 235 Å². The Hall–Kier alpha value is -0.0800. The van der Waals surface area contributed by atoms with E-state index in [4.69, 9.17) is 0 Å². The van der Waals surface area contributed by atoms with E-state index in [0.29, 0.717) is 4.08 Å². The number of fused-ring (bicyclic) bond motifs is 1. The Morgan fingerprint density at radius 3 is 1.36 bits per heavy atom. The lowest BCUT2D eigenvalue weighted by atomic mass is 9.91. The van der Waals surface area contributed by atoms with Crippen molar-refractivity contribution < 1.29 is 0 Å². The van der Waals surface area contributed by atoms with E-state index in [-0.39, 0.29) is 0 Å². The Kier molecular flexibility index (Phi) is 19.5. The van der Waals surface area contributed by atoms with Crippen molar-refractivity contribution in [2.75, 3.05) is 11.5 Å². The molecular weight excluding hydrogens is 473 g/mol. The predicted molar refractivity (Wildman–Crippen MR) is 170 cm³/mol. The third-order valence-corrected chi connectivity index (χ3v) is 11.5. The summed E-state index contributed by atoms with van der Waals surface area (Å²) in [6.45, 7) is 4.62. The van der Waals surface area contributed by atoms with E-state index < -0.39 is 0 Å². The van der Waals surface area contributed by atoms with Gasteiger partial charge in [0.25, 0.3) is 0 Å². The number of unbranched alkanes of at least 4 members (excludes halogenated alkanes) is 18. The van der Waals surface area contributed by atoms with Crippen molar-refractivity contribution in [1.82, 2.24) is 0 Å². The van der Waals surface area contributed by atoms with Crippen LogP contribution in [-0.4, -0.2) is 15.6 Å². The quantitative estimate of drug-likeness (QED) is 0.0958. The van der Waals surface area contributed by atoms with E-state index in [9.17, 15) is 0 Å². The summed E-state index contributed by atoms with van der Waals surface area (Å²) in [6, 6.07) is 9.28. The molecule has 0 unspecified atom stereocenters. The topological polar surface area (TPSA) is 0 Å². The first kappa shape index (κ1) is 32.1. The van der Waals surface area contributed by atoms with Crippen molar-refractivity contribution in [3.8, 4) is 0 Å². The molecule has 0 bridgehead atoms. The number of benzene rings is 1. The zero-order chi connectivity index (χ0) is 25.6. The highest BCUT2D eigenvalue weighted by Crippen LogP contribution is 2.48. The van der Waals surface area contributed by atoms with Crippen LogP contribution in [0.15, 0.2) is 24.3 Å². The van der Waals surface area contributed by atoms with Crippen molar-refractivity contribution in [1.29, 1.82) is 0 Å². The lowest BCUT2D eigenvalue weighted by Crippen LogP contribution is -2.30. The summed E-state index contributed by atoms with van der Waals surface area (Å²) >= 11 is 4.66. The molecule has 0 fully saturated rings. The molecule has 1 aliphatic carbocycles. The molecule has 1 aromatic rings. The molecule has 0 atom stereocenters. The number of rotatable bonds is 24. The molecule has 0 heterocycles. The standard InChI is InChI=1S/C34H60S2/c1-3-5-7-9-11-13-15-17-19-23-29-35-34(28-27-32-25-21-22-26-33(32)31-34)36-30-24-20-18-16-14-12-10-8-6-4-2/h21-22,25-26H,3-20,23-24,27-31H2,1-2H3. The van der Waals surface area contributed by atoms with E-state index in [1.807, 2.05) is 0 Å². The molecule has 1 aromatic carbocycles. The van der Waals surface area contributed by atoms with Crippen molar-refractivity contribution in [2.45, 2.75) is 166 Å². The molecule has 0 nitrogen and oxygen atoms in total. The fourth-order valence-corrected chi connectivity index (χ4v) is 8.94. The van der Waals surface area contributed by atoms with Crippen LogP contribution in [0.1, 0.15) is 160 Å². The van der Waals surface area contributed by atoms with Crippen LogP contribution in [-0.2, 0) is 12.8 Å². The lowest BCUT2D eigenvalue weighted by Gasteiger charge is -2.37. The third kappa shape index (κ3) is 14.8. The molecule has 1 aliphatic rings. The van der Waals surface area contributed by atoms with Gasteiger partial charge in [-0.2, -0.15) is 0 Å². The van der Waals surface area contributed by atoms with Gasteiger partial charge in [-0.25, -0.2) is 0 Å². The minimum absolute atomic E-state index is 0.437. The largest absolute Gasteiger partial charge is 0.144 e. The van der Waals surface area contributed by atoms with Crippen molar-refractivity contribution in [3.63, 3.8) is 0 Å². The van der Waals surface area contributed by atoms with Crippen LogP contribution >= 0.6 is 23.5 Å². The van der Waals surface area contributed by atoms with E-state index in [1.54, 1.807) is 11.1 Å². The molecule has 0 N–H and O–H groups in total. The third-order valence-electron chi connectivity index (χ3n) is 8.08. The molecular formula is C34H60S2. The maximum absolute atomic E-state index is 2.41. The van der Waals surface area contributed by atoms with E-state index >= 15 is 0 Å². The minimum atomic E-state index is 0.437. The molecule has 2 heteroatoms. The highest BCUT2D eigenvalue weighted by atomic mass is 32.2. The Morgan fingerprint density at radius 1 is 0.528 bits per heavy atom. The highest BCUT2D eigenvalue weighted by molar-refractivity contribution is 8.18. The number of aryl methyl sites for hydroxylation is 1. The fraction of sp³-hybridized carbons (Fsp3) is 0.824. The molecule has 2 rings (SSSR count).